The standard InChI is InChI=1S/C15H24N2O/c1-4-13(5-2)15(18)17-14-9-7-8-12(10-14)11-16-6-3/h7-10,13,16H,4-6,11H2,1-3H3,(H,17,18). The lowest BCUT2D eigenvalue weighted by atomic mass is 10.0. The van der Waals surface area contributed by atoms with Crippen molar-refractivity contribution in [2.24, 2.45) is 5.92 Å². The monoisotopic (exact) mass is 248 g/mol. The Hall–Kier alpha value is -1.35. The molecule has 0 atom stereocenters. The average molecular weight is 248 g/mol. The second-order valence-electron chi connectivity index (χ2n) is 4.48. The van der Waals surface area contributed by atoms with Gasteiger partial charge in [0, 0.05) is 18.2 Å². The predicted molar refractivity (Wildman–Crippen MR) is 76.5 cm³/mol. The summed E-state index contributed by atoms with van der Waals surface area (Å²) in [5.74, 6) is 0.239. The summed E-state index contributed by atoms with van der Waals surface area (Å²) in [5.41, 5.74) is 2.08. The van der Waals surface area contributed by atoms with E-state index in [-0.39, 0.29) is 11.8 Å². The molecule has 0 aromatic heterocycles. The maximum Gasteiger partial charge on any atom is 0.227 e. The Morgan fingerprint density at radius 1 is 1.22 bits per heavy atom. The molecule has 0 saturated heterocycles. The summed E-state index contributed by atoms with van der Waals surface area (Å²) in [6.07, 6.45) is 1.78. The number of nitrogens with one attached hydrogen (secondary N) is 2. The zero-order valence-corrected chi connectivity index (χ0v) is 11.6. The smallest absolute Gasteiger partial charge is 0.227 e. The van der Waals surface area contributed by atoms with Crippen molar-refractivity contribution < 1.29 is 4.79 Å². The van der Waals surface area contributed by atoms with Gasteiger partial charge in [-0.1, -0.05) is 32.9 Å². The number of carbonyl (C=O) groups is 1. The van der Waals surface area contributed by atoms with Crippen molar-refractivity contribution in [2.75, 3.05) is 11.9 Å². The molecule has 100 valence electrons. The third-order valence-corrected chi connectivity index (χ3v) is 3.13. The quantitative estimate of drug-likeness (QED) is 0.778. The predicted octanol–water partition coefficient (Wildman–Crippen LogP) is 3.17. The van der Waals surface area contributed by atoms with Crippen molar-refractivity contribution in [3.05, 3.63) is 29.8 Å². The molecular weight excluding hydrogens is 224 g/mol. The number of amides is 1. The molecule has 0 aliphatic rings. The first kappa shape index (κ1) is 14.7. The van der Waals surface area contributed by atoms with Gasteiger partial charge in [0.15, 0.2) is 0 Å². The summed E-state index contributed by atoms with van der Waals surface area (Å²) in [7, 11) is 0. The molecule has 0 saturated carbocycles. The molecule has 1 amide bonds. The first-order chi connectivity index (χ1) is 8.71. The van der Waals surface area contributed by atoms with Gasteiger partial charge in [0.2, 0.25) is 5.91 Å². The Morgan fingerprint density at radius 2 is 1.94 bits per heavy atom. The molecule has 0 spiro atoms. The molecule has 3 nitrogen and oxygen atoms in total. The van der Waals surface area contributed by atoms with Crippen molar-refractivity contribution in [1.29, 1.82) is 0 Å². The van der Waals surface area contributed by atoms with E-state index in [1.54, 1.807) is 0 Å². The van der Waals surface area contributed by atoms with Gasteiger partial charge in [-0.25, -0.2) is 0 Å². The normalized spacial score (nSPS) is 10.7. The molecule has 2 N–H and O–H groups in total. The van der Waals surface area contributed by atoms with Crippen LogP contribution in [0, 0.1) is 5.92 Å². The van der Waals surface area contributed by atoms with Crippen molar-refractivity contribution in [2.45, 2.75) is 40.2 Å². The van der Waals surface area contributed by atoms with Crippen molar-refractivity contribution in [3.8, 4) is 0 Å². The lowest BCUT2D eigenvalue weighted by molar-refractivity contribution is -0.120. The SMILES string of the molecule is CCNCc1cccc(NC(=O)C(CC)CC)c1. The van der Waals surface area contributed by atoms with Gasteiger partial charge in [0.25, 0.3) is 0 Å². The summed E-state index contributed by atoms with van der Waals surface area (Å²) in [4.78, 5) is 12.0. The lowest BCUT2D eigenvalue weighted by Crippen LogP contribution is -2.21. The Kier molecular flexibility index (Phi) is 6.44. The van der Waals surface area contributed by atoms with Crippen molar-refractivity contribution in [3.63, 3.8) is 0 Å². The number of benzene rings is 1. The molecule has 0 unspecified atom stereocenters. The maximum atomic E-state index is 12.0. The van der Waals surface area contributed by atoms with E-state index in [4.69, 9.17) is 0 Å². The van der Waals surface area contributed by atoms with E-state index in [0.29, 0.717) is 0 Å². The summed E-state index contributed by atoms with van der Waals surface area (Å²) in [6.45, 7) is 7.97. The minimum Gasteiger partial charge on any atom is -0.326 e. The second kappa shape index (κ2) is 7.88. The molecular formula is C15H24N2O. The van der Waals surface area contributed by atoms with E-state index in [9.17, 15) is 4.79 Å². The largest absolute Gasteiger partial charge is 0.326 e. The molecule has 0 radical (unpaired) electrons. The van der Waals surface area contributed by atoms with E-state index in [0.717, 1.165) is 31.6 Å². The Labute approximate surface area is 110 Å². The molecule has 3 heteroatoms. The van der Waals surface area contributed by atoms with Crippen LogP contribution in [0.1, 0.15) is 39.2 Å². The van der Waals surface area contributed by atoms with Crippen LogP contribution in [0.25, 0.3) is 0 Å². The molecule has 0 aliphatic carbocycles. The van der Waals surface area contributed by atoms with E-state index in [2.05, 4.69) is 37.5 Å². The zero-order valence-electron chi connectivity index (χ0n) is 11.6. The highest BCUT2D eigenvalue weighted by Gasteiger charge is 2.13. The molecule has 0 bridgehead atoms. The molecule has 0 fully saturated rings. The zero-order chi connectivity index (χ0) is 13.4. The highest BCUT2D eigenvalue weighted by Crippen LogP contribution is 2.14. The van der Waals surface area contributed by atoms with Crippen molar-refractivity contribution in [1.82, 2.24) is 5.32 Å². The molecule has 1 aromatic carbocycles. The van der Waals surface area contributed by atoms with Gasteiger partial charge in [0.1, 0.15) is 0 Å². The van der Waals surface area contributed by atoms with Gasteiger partial charge < -0.3 is 10.6 Å². The van der Waals surface area contributed by atoms with E-state index < -0.39 is 0 Å². The number of carbonyl (C=O) groups excluding carboxylic acids is 1. The third-order valence-electron chi connectivity index (χ3n) is 3.13. The van der Waals surface area contributed by atoms with Gasteiger partial charge >= 0.3 is 0 Å². The molecule has 0 aliphatic heterocycles. The summed E-state index contributed by atoms with van der Waals surface area (Å²) < 4.78 is 0. The van der Waals surface area contributed by atoms with Crippen LogP contribution in [0.3, 0.4) is 0 Å². The van der Waals surface area contributed by atoms with Crippen LogP contribution in [0.2, 0.25) is 0 Å². The van der Waals surface area contributed by atoms with Gasteiger partial charge in [-0.2, -0.15) is 0 Å². The number of hydrogen-bond donors (Lipinski definition) is 2. The van der Waals surface area contributed by atoms with Gasteiger partial charge in [-0.15, -0.1) is 0 Å². The Balaban J connectivity index is 2.63. The number of hydrogen-bond acceptors (Lipinski definition) is 2. The highest BCUT2D eigenvalue weighted by atomic mass is 16.1. The third kappa shape index (κ3) is 4.49. The maximum absolute atomic E-state index is 12.0. The number of rotatable bonds is 7. The molecule has 1 aromatic rings. The van der Waals surface area contributed by atoms with Crippen LogP contribution in [-0.4, -0.2) is 12.5 Å². The Bertz CT molecular complexity index is 373. The molecule has 18 heavy (non-hydrogen) atoms. The summed E-state index contributed by atoms with van der Waals surface area (Å²) >= 11 is 0. The molecule has 1 rings (SSSR count). The van der Waals surface area contributed by atoms with Gasteiger partial charge in [-0.3, -0.25) is 4.79 Å². The fourth-order valence-electron chi connectivity index (χ4n) is 1.93. The van der Waals surface area contributed by atoms with Crippen LogP contribution in [0.15, 0.2) is 24.3 Å². The summed E-state index contributed by atoms with van der Waals surface area (Å²) in [5, 5.41) is 6.27. The fourth-order valence-corrected chi connectivity index (χ4v) is 1.93. The van der Waals surface area contributed by atoms with Gasteiger partial charge in [0.05, 0.1) is 0 Å². The minimum atomic E-state index is 0.113. The van der Waals surface area contributed by atoms with Crippen LogP contribution >= 0.6 is 0 Å². The van der Waals surface area contributed by atoms with Crippen LogP contribution in [0.5, 0.6) is 0 Å². The molecule has 0 heterocycles. The van der Waals surface area contributed by atoms with Crippen LogP contribution in [0.4, 0.5) is 5.69 Å². The lowest BCUT2D eigenvalue weighted by Gasteiger charge is -2.13. The van der Waals surface area contributed by atoms with Crippen LogP contribution < -0.4 is 10.6 Å². The van der Waals surface area contributed by atoms with Gasteiger partial charge in [-0.05, 0) is 37.1 Å². The highest BCUT2D eigenvalue weighted by molar-refractivity contribution is 5.92. The fraction of sp³-hybridized carbons (Fsp3) is 0.533. The van der Waals surface area contributed by atoms with Crippen molar-refractivity contribution >= 4 is 11.6 Å². The van der Waals surface area contributed by atoms with E-state index in [1.807, 2.05) is 18.2 Å². The van der Waals surface area contributed by atoms with E-state index in [1.165, 1.54) is 5.56 Å². The minimum absolute atomic E-state index is 0.113. The first-order valence-electron chi connectivity index (χ1n) is 6.81. The van der Waals surface area contributed by atoms with Crippen LogP contribution in [-0.2, 0) is 11.3 Å². The first-order valence-corrected chi connectivity index (χ1v) is 6.81. The summed E-state index contributed by atoms with van der Waals surface area (Å²) in [6, 6.07) is 8.02. The van der Waals surface area contributed by atoms with E-state index >= 15 is 0 Å². The topological polar surface area (TPSA) is 41.1 Å². The Morgan fingerprint density at radius 3 is 2.56 bits per heavy atom. The second-order valence-corrected chi connectivity index (χ2v) is 4.48. The average Bonchev–Trinajstić information content (AvgIpc) is 2.38. The number of anilines is 1.